The normalized spacial score (nSPS) is 11.8. The highest BCUT2D eigenvalue weighted by molar-refractivity contribution is 6.31. The quantitative estimate of drug-likeness (QED) is 0.251. The van der Waals surface area contributed by atoms with Gasteiger partial charge in [0.15, 0.2) is 0 Å². The summed E-state index contributed by atoms with van der Waals surface area (Å²) in [5, 5.41) is 5.05. The van der Waals surface area contributed by atoms with E-state index in [-0.39, 0.29) is 12.1 Å². The first kappa shape index (κ1) is 24.0. The van der Waals surface area contributed by atoms with Crippen molar-refractivity contribution in [1.29, 1.82) is 0 Å². The van der Waals surface area contributed by atoms with Gasteiger partial charge < -0.3 is 5.32 Å². The molecular formula is C27H25ClF3N3. The molecule has 0 fully saturated rings. The number of rotatable bonds is 9. The van der Waals surface area contributed by atoms with Gasteiger partial charge in [-0.2, -0.15) is 13.2 Å². The van der Waals surface area contributed by atoms with E-state index in [1.165, 1.54) is 6.07 Å². The van der Waals surface area contributed by atoms with Crippen molar-refractivity contribution in [3.63, 3.8) is 0 Å². The Labute approximate surface area is 202 Å². The second kappa shape index (κ2) is 10.9. The van der Waals surface area contributed by atoms with Crippen molar-refractivity contribution in [3.05, 3.63) is 107 Å². The van der Waals surface area contributed by atoms with E-state index in [1.807, 2.05) is 54.6 Å². The average Bonchev–Trinajstić information content (AvgIpc) is 2.82. The molecule has 0 aliphatic heterocycles. The van der Waals surface area contributed by atoms with Crippen molar-refractivity contribution in [3.8, 4) is 0 Å². The largest absolute Gasteiger partial charge is 0.416 e. The Morgan fingerprint density at radius 1 is 0.882 bits per heavy atom. The Balaban J connectivity index is 1.44. The van der Waals surface area contributed by atoms with E-state index in [2.05, 4.69) is 15.2 Å². The van der Waals surface area contributed by atoms with E-state index in [4.69, 9.17) is 11.6 Å². The van der Waals surface area contributed by atoms with Gasteiger partial charge in [0.05, 0.1) is 11.1 Å². The molecule has 0 aliphatic carbocycles. The Morgan fingerprint density at radius 3 is 2.44 bits per heavy atom. The van der Waals surface area contributed by atoms with Crippen molar-refractivity contribution < 1.29 is 13.2 Å². The maximum absolute atomic E-state index is 13.5. The summed E-state index contributed by atoms with van der Waals surface area (Å²) in [6.07, 6.45) is -1.88. The smallest absolute Gasteiger partial charge is 0.384 e. The lowest BCUT2D eigenvalue weighted by molar-refractivity contribution is -0.138. The van der Waals surface area contributed by atoms with E-state index in [9.17, 15) is 13.2 Å². The van der Waals surface area contributed by atoms with Crippen molar-refractivity contribution >= 4 is 28.2 Å². The molecule has 4 rings (SSSR count). The Morgan fingerprint density at radius 2 is 1.65 bits per heavy atom. The number of hydrogen-bond acceptors (Lipinski definition) is 3. The third kappa shape index (κ3) is 6.27. The highest BCUT2D eigenvalue weighted by Gasteiger charge is 2.33. The van der Waals surface area contributed by atoms with Crippen LogP contribution in [0.3, 0.4) is 0 Å². The summed E-state index contributed by atoms with van der Waals surface area (Å²) >= 11 is 6.07. The average molecular weight is 484 g/mol. The number of pyridine rings is 1. The van der Waals surface area contributed by atoms with Crippen LogP contribution >= 0.6 is 11.6 Å². The maximum atomic E-state index is 13.5. The molecule has 0 bridgehead atoms. The minimum Gasteiger partial charge on any atom is -0.384 e. The lowest BCUT2D eigenvalue weighted by Crippen LogP contribution is -2.27. The first-order chi connectivity index (χ1) is 16.4. The molecule has 1 N–H and O–H groups in total. The first-order valence-corrected chi connectivity index (χ1v) is 11.5. The summed E-state index contributed by atoms with van der Waals surface area (Å²) in [4.78, 5) is 6.42. The Hall–Kier alpha value is -3.09. The SMILES string of the molecule is FC(F)(F)c1ccccc1CN(CCCNc1ccnc2cc(Cl)ccc12)Cc1ccccc1. The second-order valence-electron chi connectivity index (χ2n) is 8.15. The summed E-state index contributed by atoms with van der Waals surface area (Å²) in [5.74, 6) is 0. The number of aromatic nitrogens is 1. The van der Waals surface area contributed by atoms with Crippen molar-refractivity contribution in [2.24, 2.45) is 0 Å². The van der Waals surface area contributed by atoms with Crippen LogP contribution in [0.1, 0.15) is 23.1 Å². The number of anilines is 1. The molecule has 1 heterocycles. The molecule has 0 saturated carbocycles. The van der Waals surface area contributed by atoms with Gasteiger partial charge >= 0.3 is 6.18 Å². The molecule has 3 nitrogen and oxygen atoms in total. The molecular weight excluding hydrogens is 459 g/mol. The Kier molecular flexibility index (Phi) is 7.70. The van der Waals surface area contributed by atoms with E-state index in [0.717, 1.165) is 34.6 Å². The molecule has 0 saturated heterocycles. The summed E-state index contributed by atoms with van der Waals surface area (Å²) in [6.45, 7) is 2.11. The number of nitrogens with one attached hydrogen (secondary N) is 1. The molecule has 0 spiro atoms. The summed E-state index contributed by atoms with van der Waals surface area (Å²) in [5.41, 5.74) is 2.55. The molecule has 1 aromatic heterocycles. The van der Waals surface area contributed by atoms with Gasteiger partial charge in [-0.05, 0) is 47.9 Å². The van der Waals surface area contributed by atoms with Crippen molar-refractivity contribution in [2.45, 2.75) is 25.7 Å². The fourth-order valence-electron chi connectivity index (χ4n) is 4.03. The zero-order valence-corrected chi connectivity index (χ0v) is 19.3. The lowest BCUT2D eigenvalue weighted by Gasteiger charge is -2.24. The molecule has 3 aromatic carbocycles. The van der Waals surface area contributed by atoms with E-state index >= 15 is 0 Å². The van der Waals surface area contributed by atoms with Crippen LogP contribution < -0.4 is 5.32 Å². The Bertz CT molecular complexity index is 1230. The van der Waals surface area contributed by atoms with Gasteiger partial charge in [-0.15, -0.1) is 0 Å². The molecule has 0 radical (unpaired) electrons. The first-order valence-electron chi connectivity index (χ1n) is 11.1. The molecule has 176 valence electrons. The third-order valence-corrected chi connectivity index (χ3v) is 5.87. The molecule has 0 atom stereocenters. The van der Waals surface area contributed by atoms with Crippen LogP contribution in [-0.2, 0) is 19.3 Å². The topological polar surface area (TPSA) is 28.2 Å². The van der Waals surface area contributed by atoms with Gasteiger partial charge in [-0.25, -0.2) is 0 Å². The molecule has 0 amide bonds. The van der Waals surface area contributed by atoms with Gasteiger partial charge in [0.2, 0.25) is 0 Å². The van der Waals surface area contributed by atoms with Crippen molar-refractivity contribution in [2.75, 3.05) is 18.4 Å². The van der Waals surface area contributed by atoms with Gasteiger partial charge in [0.1, 0.15) is 0 Å². The van der Waals surface area contributed by atoms with Crippen LogP contribution in [0.25, 0.3) is 10.9 Å². The molecule has 0 unspecified atom stereocenters. The highest BCUT2D eigenvalue weighted by atomic mass is 35.5. The van der Waals surface area contributed by atoms with Crippen LogP contribution in [0.4, 0.5) is 18.9 Å². The number of fused-ring (bicyclic) bond motifs is 1. The number of hydrogen-bond donors (Lipinski definition) is 1. The number of alkyl halides is 3. The minimum absolute atomic E-state index is 0.223. The predicted octanol–water partition coefficient (Wildman–Crippen LogP) is 7.41. The van der Waals surface area contributed by atoms with Gasteiger partial charge in [0.25, 0.3) is 0 Å². The highest BCUT2D eigenvalue weighted by Crippen LogP contribution is 2.32. The number of benzene rings is 3. The fraction of sp³-hybridized carbons (Fsp3) is 0.222. The third-order valence-electron chi connectivity index (χ3n) is 5.64. The van der Waals surface area contributed by atoms with Gasteiger partial charge in [-0.3, -0.25) is 9.88 Å². The predicted molar refractivity (Wildman–Crippen MR) is 132 cm³/mol. The summed E-state index contributed by atoms with van der Waals surface area (Å²) in [7, 11) is 0. The summed E-state index contributed by atoms with van der Waals surface area (Å²) in [6, 6.07) is 23.1. The van der Waals surface area contributed by atoms with E-state index in [0.29, 0.717) is 24.7 Å². The zero-order chi connectivity index (χ0) is 24.0. The van der Waals surface area contributed by atoms with E-state index in [1.54, 1.807) is 18.3 Å². The molecule has 34 heavy (non-hydrogen) atoms. The van der Waals surface area contributed by atoms with Crippen LogP contribution in [0.15, 0.2) is 85.1 Å². The fourth-order valence-corrected chi connectivity index (χ4v) is 4.20. The monoisotopic (exact) mass is 483 g/mol. The lowest BCUT2D eigenvalue weighted by atomic mass is 10.1. The number of nitrogens with zero attached hydrogens (tertiary/aromatic N) is 2. The van der Waals surface area contributed by atoms with Crippen LogP contribution in [0, 0.1) is 0 Å². The standard InChI is InChI=1S/C27H25ClF3N3/c28-22-11-12-23-25(13-15-33-26(23)17-22)32-14-6-16-34(18-20-7-2-1-3-8-20)19-21-9-4-5-10-24(21)27(29,30)31/h1-5,7-13,15,17H,6,14,16,18-19H2,(H,32,33). The van der Waals surface area contributed by atoms with Crippen LogP contribution in [0.2, 0.25) is 5.02 Å². The molecule has 7 heteroatoms. The molecule has 4 aromatic rings. The van der Waals surface area contributed by atoms with Crippen LogP contribution in [-0.4, -0.2) is 23.0 Å². The maximum Gasteiger partial charge on any atom is 0.416 e. The van der Waals surface area contributed by atoms with E-state index < -0.39 is 11.7 Å². The minimum atomic E-state index is -4.37. The van der Waals surface area contributed by atoms with Crippen molar-refractivity contribution in [1.82, 2.24) is 9.88 Å². The second-order valence-corrected chi connectivity index (χ2v) is 8.59. The zero-order valence-electron chi connectivity index (χ0n) is 18.5. The van der Waals surface area contributed by atoms with Gasteiger partial charge in [0, 0.05) is 48.5 Å². The van der Waals surface area contributed by atoms with Crippen LogP contribution in [0.5, 0.6) is 0 Å². The van der Waals surface area contributed by atoms with Gasteiger partial charge in [-0.1, -0.05) is 60.1 Å². The molecule has 0 aliphatic rings. The summed E-state index contributed by atoms with van der Waals surface area (Å²) < 4.78 is 40.6. The number of halogens is 4.